The van der Waals surface area contributed by atoms with E-state index in [4.69, 9.17) is 4.74 Å². The molecule has 0 amide bonds. The number of halogens is 9. The third-order valence-electron chi connectivity index (χ3n) is 4.40. The standard InChI is InChI=1S/C19H11F9N2O2/c1-9(11-4-2-3-5-12(11)18(23,24)25)32-16(31)14-15(19(26,27)28)29-13-7-6-10(8-30(13)14)17(20,21)22/h2-9H,1H3. The van der Waals surface area contributed by atoms with Crippen LogP contribution < -0.4 is 0 Å². The number of carbonyl (C=O) groups is 1. The molecule has 1 aromatic carbocycles. The first kappa shape index (κ1) is 23.4. The molecule has 4 nitrogen and oxygen atoms in total. The molecular weight excluding hydrogens is 459 g/mol. The van der Waals surface area contributed by atoms with Crippen LogP contribution in [0.25, 0.3) is 5.65 Å². The maximum absolute atomic E-state index is 13.4. The minimum absolute atomic E-state index is 0.225. The van der Waals surface area contributed by atoms with E-state index in [0.29, 0.717) is 18.2 Å². The highest BCUT2D eigenvalue weighted by molar-refractivity contribution is 5.90. The molecule has 1 unspecified atom stereocenters. The van der Waals surface area contributed by atoms with Crippen LogP contribution in [-0.2, 0) is 23.3 Å². The van der Waals surface area contributed by atoms with E-state index >= 15 is 0 Å². The Morgan fingerprint density at radius 1 is 0.906 bits per heavy atom. The number of hydrogen-bond acceptors (Lipinski definition) is 3. The number of esters is 1. The lowest BCUT2D eigenvalue weighted by molar-refractivity contribution is -0.141. The Morgan fingerprint density at radius 3 is 2.09 bits per heavy atom. The summed E-state index contributed by atoms with van der Waals surface area (Å²) in [7, 11) is 0. The van der Waals surface area contributed by atoms with Crippen LogP contribution in [0.4, 0.5) is 39.5 Å². The number of nitrogens with zero attached hydrogens (tertiary/aromatic N) is 2. The first-order valence-corrected chi connectivity index (χ1v) is 8.64. The Morgan fingerprint density at radius 2 is 1.53 bits per heavy atom. The van der Waals surface area contributed by atoms with E-state index in [-0.39, 0.29) is 10.6 Å². The van der Waals surface area contributed by atoms with Crippen molar-refractivity contribution in [2.75, 3.05) is 0 Å². The predicted molar refractivity (Wildman–Crippen MR) is 90.5 cm³/mol. The van der Waals surface area contributed by atoms with Crippen molar-refractivity contribution in [3.8, 4) is 0 Å². The largest absolute Gasteiger partial charge is 0.453 e. The Hall–Kier alpha value is -3.25. The van der Waals surface area contributed by atoms with Gasteiger partial charge in [0.05, 0.1) is 11.1 Å². The van der Waals surface area contributed by atoms with Gasteiger partial charge in [0.15, 0.2) is 11.4 Å². The molecule has 0 N–H and O–H groups in total. The number of pyridine rings is 1. The monoisotopic (exact) mass is 470 g/mol. The van der Waals surface area contributed by atoms with Crippen molar-refractivity contribution in [2.24, 2.45) is 0 Å². The van der Waals surface area contributed by atoms with Crippen molar-refractivity contribution in [1.82, 2.24) is 9.38 Å². The normalized spacial score (nSPS) is 13.9. The van der Waals surface area contributed by atoms with Crippen LogP contribution >= 0.6 is 0 Å². The number of alkyl halides is 9. The van der Waals surface area contributed by atoms with Gasteiger partial charge in [-0.05, 0) is 25.1 Å². The van der Waals surface area contributed by atoms with Crippen LogP contribution in [-0.4, -0.2) is 15.4 Å². The molecule has 0 fully saturated rings. The number of fused-ring (bicyclic) bond motifs is 1. The minimum Gasteiger partial charge on any atom is -0.453 e. The van der Waals surface area contributed by atoms with Gasteiger partial charge in [-0.2, -0.15) is 39.5 Å². The molecule has 0 radical (unpaired) electrons. The fraction of sp³-hybridized carbons (Fsp3) is 0.263. The van der Waals surface area contributed by atoms with Gasteiger partial charge in [-0.1, -0.05) is 18.2 Å². The third-order valence-corrected chi connectivity index (χ3v) is 4.40. The Balaban J connectivity index is 2.10. The quantitative estimate of drug-likeness (QED) is 0.333. The topological polar surface area (TPSA) is 43.6 Å². The molecule has 2 heterocycles. The molecule has 13 heteroatoms. The lowest BCUT2D eigenvalue weighted by atomic mass is 10.0. The SMILES string of the molecule is CC(OC(=O)c1c(C(F)(F)F)nc2ccc(C(F)(F)F)cn12)c1ccccc1C(F)(F)F. The number of rotatable bonds is 3. The van der Waals surface area contributed by atoms with Crippen LogP contribution in [0.5, 0.6) is 0 Å². The van der Waals surface area contributed by atoms with Crippen LogP contribution in [0.1, 0.15) is 45.9 Å². The van der Waals surface area contributed by atoms with Crippen molar-refractivity contribution >= 4 is 11.6 Å². The molecule has 1 atom stereocenters. The average Bonchev–Trinajstić information content (AvgIpc) is 3.06. The van der Waals surface area contributed by atoms with Crippen molar-refractivity contribution < 1.29 is 49.0 Å². The molecule has 0 aliphatic heterocycles. The van der Waals surface area contributed by atoms with Crippen molar-refractivity contribution in [1.29, 1.82) is 0 Å². The van der Waals surface area contributed by atoms with Crippen molar-refractivity contribution in [3.05, 3.63) is 70.7 Å². The zero-order chi connectivity index (χ0) is 24.1. The van der Waals surface area contributed by atoms with Gasteiger partial charge in [-0.15, -0.1) is 0 Å². The summed E-state index contributed by atoms with van der Waals surface area (Å²) in [5.74, 6) is -1.80. The highest BCUT2D eigenvalue weighted by Crippen LogP contribution is 2.38. The summed E-state index contributed by atoms with van der Waals surface area (Å²) in [6, 6.07) is 5.00. The second-order valence-corrected chi connectivity index (χ2v) is 6.58. The van der Waals surface area contributed by atoms with Gasteiger partial charge in [-0.3, -0.25) is 4.40 Å². The number of carbonyl (C=O) groups excluding carboxylic acids is 1. The molecule has 0 aliphatic rings. The summed E-state index contributed by atoms with van der Waals surface area (Å²) in [5.41, 5.74) is -6.98. The zero-order valence-electron chi connectivity index (χ0n) is 15.7. The van der Waals surface area contributed by atoms with Gasteiger partial charge in [0.1, 0.15) is 11.8 Å². The summed E-state index contributed by atoms with van der Waals surface area (Å²) >= 11 is 0. The number of hydrogen-bond donors (Lipinski definition) is 0. The maximum atomic E-state index is 13.4. The molecule has 32 heavy (non-hydrogen) atoms. The van der Waals surface area contributed by atoms with Gasteiger partial charge in [0.2, 0.25) is 0 Å². The van der Waals surface area contributed by atoms with Crippen molar-refractivity contribution in [2.45, 2.75) is 31.6 Å². The van der Waals surface area contributed by atoms with Crippen molar-refractivity contribution in [3.63, 3.8) is 0 Å². The molecule has 0 spiro atoms. The average molecular weight is 470 g/mol. The first-order chi connectivity index (χ1) is 14.6. The molecule has 3 aromatic rings. The number of benzene rings is 1. The zero-order valence-corrected chi connectivity index (χ0v) is 15.7. The summed E-state index contributed by atoms with van der Waals surface area (Å²) in [4.78, 5) is 15.7. The molecule has 2 aromatic heterocycles. The highest BCUT2D eigenvalue weighted by Gasteiger charge is 2.42. The Bertz CT molecular complexity index is 1160. The van der Waals surface area contributed by atoms with Gasteiger partial charge in [0.25, 0.3) is 0 Å². The number of aromatic nitrogens is 2. The Kier molecular flexibility index (Phi) is 5.64. The second-order valence-electron chi connectivity index (χ2n) is 6.58. The summed E-state index contributed by atoms with van der Waals surface area (Å²) in [6.45, 7) is 0.986. The van der Waals surface area contributed by atoms with Crippen LogP contribution in [0.3, 0.4) is 0 Å². The number of ether oxygens (including phenoxy) is 1. The van der Waals surface area contributed by atoms with E-state index in [1.165, 1.54) is 6.07 Å². The third kappa shape index (κ3) is 4.50. The smallest absolute Gasteiger partial charge is 0.435 e. The number of imidazole rings is 1. The van der Waals surface area contributed by atoms with Gasteiger partial charge in [-0.25, -0.2) is 9.78 Å². The lowest BCUT2D eigenvalue weighted by Gasteiger charge is -2.19. The second kappa shape index (κ2) is 7.71. The van der Waals surface area contributed by atoms with E-state index in [1.807, 2.05) is 0 Å². The maximum Gasteiger partial charge on any atom is 0.435 e. The van der Waals surface area contributed by atoms with Gasteiger partial charge >= 0.3 is 24.5 Å². The fourth-order valence-electron chi connectivity index (χ4n) is 2.99. The molecule has 172 valence electrons. The fourth-order valence-corrected chi connectivity index (χ4v) is 2.99. The minimum atomic E-state index is -5.26. The molecular formula is C19H11F9N2O2. The molecule has 3 rings (SSSR count). The van der Waals surface area contributed by atoms with Crippen LogP contribution in [0.2, 0.25) is 0 Å². The van der Waals surface area contributed by atoms with Crippen LogP contribution in [0, 0.1) is 0 Å². The first-order valence-electron chi connectivity index (χ1n) is 8.64. The van der Waals surface area contributed by atoms with Gasteiger partial charge in [0, 0.05) is 11.8 Å². The highest BCUT2D eigenvalue weighted by atomic mass is 19.4. The summed E-state index contributed by atoms with van der Waals surface area (Å²) < 4.78 is 124. The van der Waals surface area contributed by atoms with E-state index in [0.717, 1.165) is 19.1 Å². The molecule has 0 aliphatic carbocycles. The van der Waals surface area contributed by atoms with Gasteiger partial charge < -0.3 is 4.74 Å². The summed E-state index contributed by atoms with van der Waals surface area (Å²) in [5, 5.41) is 0. The molecule has 0 bridgehead atoms. The summed E-state index contributed by atoms with van der Waals surface area (Å²) in [6.07, 6.45) is -16.5. The lowest BCUT2D eigenvalue weighted by Crippen LogP contribution is -2.19. The van der Waals surface area contributed by atoms with E-state index < -0.39 is 64.3 Å². The van der Waals surface area contributed by atoms with E-state index in [2.05, 4.69) is 4.98 Å². The Labute approximate surface area is 173 Å². The van der Waals surface area contributed by atoms with E-state index in [1.54, 1.807) is 0 Å². The molecule has 0 saturated carbocycles. The predicted octanol–water partition coefficient (Wildman–Crippen LogP) is 6.31. The molecule has 0 saturated heterocycles. The van der Waals surface area contributed by atoms with E-state index in [9.17, 15) is 44.3 Å². The van der Waals surface area contributed by atoms with Crippen LogP contribution in [0.15, 0.2) is 42.6 Å².